The second kappa shape index (κ2) is 12.7. The maximum absolute atomic E-state index is 13.5. The number of carboxylic acid groups (broad SMARTS) is 1. The van der Waals surface area contributed by atoms with E-state index in [4.69, 9.17) is 4.74 Å². The molecule has 2 rings (SSSR count). The molecule has 1 aromatic rings. The molecular weight excluding hydrogens is 448 g/mol. The first-order chi connectivity index (χ1) is 16.4. The lowest BCUT2D eigenvalue weighted by molar-refractivity contribution is -0.168. The molecule has 2 amide bonds. The average Bonchev–Trinajstić information content (AvgIpc) is 3.12. The number of hydrogen-bond donors (Lipinski definition) is 1. The average molecular weight is 489 g/mol. The van der Waals surface area contributed by atoms with Crippen molar-refractivity contribution in [2.75, 3.05) is 13.6 Å². The second-order valence-electron chi connectivity index (χ2n) is 10.4. The van der Waals surface area contributed by atoms with Crippen LogP contribution >= 0.6 is 0 Å². The van der Waals surface area contributed by atoms with Crippen LogP contribution in [0.4, 0.5) is 0 Å². The van der Waals surface area contributed by atoms with E-state index in [9.17, 15) is 24.3 Å². The number of esters is 1. The number of likely N-dealkylation sites (N-methyl/N-ethyl adjacent to an activating group) is 1. The maximum Gasteiger partial charge on any atom is 0.329 e. The Labute approximate surface area is 208 Å². The van der Waals surface area contributed by atoms with E-state index in [0.29, 0.717) is 19.4 Å². The number of carboxylic acids is 1. The highest BCUT2D eigenvalue weighted by atomic mass is 16.6. The number of likely N-dealkylation sites (tertiary alicyclic amines) is 1. The van der Waals surface area contributed by atoms with Crippen LogP contribution in [0.3, 0.4) is 0 Å². The number of hydrogen-bond acceptors (Lipinski definition) is 5. The summed E-state index contributed by atoms with van der Waals surface area (Å²) in [5.74, 6) is -2.35. The first-order valence-electron chi connectivity index (χ1n) is 12.5. The van der Waals surface area contributed by atoms with Crippen LogP contribution < -0.4 is 0 Å². The van der Waals surface area contributed by atoms with Crippen LogP contribution in [0.2, 0.25) is 0 Å². The van der Waals surface area contributed by atoms with E-state index >= 15 is 0 Å². The van der Waals surface area contributed by atoms with Crippen LogP contribution in [0.5, 0.6) is 0 Å². The van der Waals surface area contributed by atoms with Crippen LogP contribution in [0.15, 0.2) is 30.3 Å². The first-order valence-corrected chi connectivity index (χ1v) is 12.5. The predicted molar refractivity (Wildman–Crippen MR) is 132 cm³/mol. The molecule has 0 bridgehead atoms. The fraction of sp³-hybridized carbons (Fsp3) is 0.630. The number of ether oxygens (including phenoxy) is 1. The Hall–Kier alpha value is -2.90. The molecule has 8 heteroatoms. The summed E-state index contributed by atoms with van der Waals surface area (Å²) >= 11 is 0. The molecule has 35 heavy (non-hydrogen) atoms. The molecular formula is C27H40N2O6. The Bertz CT molecular complexity index is 885. The minimum atomic E-state index is -1.20. The second-order valence-corrected chi connectivity index (χ2v) is 10.4. The Morgan fingerprint density at radius 1 is 1.09 bits per heavy atom. The zero-order chi connectivity index (χ0) is 26.3. The van der Waals surface area contributed by atoms with Gasteiger partial charge in [-0.25, -0.2) is 9.59 Å². The highest BCUT2D eigenvalue weighted by Gasteiger charge is 2.40. The fourth-order valence-electron chi connectivity index (χ4n) is 4.43. The molecule has 194 valence electrons. The van der Waals surface area contributed by atoms with E-state index in [-0.39, 0.29) is 36.5 Å². The summed E-state index contributed by atoms with van der Waals surface area (Å²) in [4.78, 5) is 54.3. The molecule has 0 saturated carbocycles. The maximum atomic E-state index is 13.5. The summed E-state index contributed by atoms with van der Waals surface area (Å²) in [7, 11) is 1.44. The van der Waals surface area contributed by atoms with Gasteiger partial charge in [0.05, 0.1) is 0 Å². The first kappa shape index (κ1) is 28.3. The standard InChI is InChI=1S/C27H40N2O6/c1-17(2)14-21(26(32)33)28(6)25(31)23(16-20-10-8-7-9-11-20)35-27(34)22(15-18(3)4)29-13-12-19(5)24(29)30/h7-11,17-19,21-23H,12-16H2,1-6H3,(H,32,33)/t19-,21+,22?,23-/m1/s1. The third-order valence-electron chi connectivity index (χ3n) is 6.44. The molecule has 1 saturated heterocycles. The van der Waals surface area contributed by atoms with Gasteiger partial charge < -0.3 is 19.6 Å². The largest absolute Gasteiger partial charge is 0.480 e. The summed E-state index contributed by atoms with van der Waals surface area (Å²) in [6.07, 6.45) is 0.284. The van der Waals surface area contributed by atoms with Gasteiger partial charge in [0.15, 0.2) is 6.10 Å². The van der Waals surface area contributed by atoms with Crippen molar-refractivity contribution in [1.29, 1.82) is 0 Å². The molecule has 1 aliphatic heterocycles. The Morgan fingerprint density at radius 3 is 2.17 bits per heavy atom. The van der Waals surface area contributed by atoms with E-state index in [1.165, 1.54) is 11.9 Å². The molecule has 0 aliphatic carbocycles. The van der Waals surface area contributed by atoms with Crippen molar-refractivity contribution in [2.45, 2.75) is 78.5 Å². The summed E-state index contributed by atoms with van der Waals surface area (Å²) in [6, 6.07) is 7.34. The van der Waals surface area contributed by atoms with Crippen molar-refractivity contribution in [3.8, 4) is 0 Å². The molecule has 0 radical (unpaired) electrons. The molecule has 4 atom stereocenters. The number of aliphatic carboxylic acids is 1. The van der Waals surface area contributed by atoms with Crippen molar-refractivity contribution in [3.05, 3.63) is 35.9 Å². The van der Waals surface area contributed by atoms with Gasteiger partial charge in [-0.1, -0.05) is 65.0 Å². The van der Waals surface area contributed by atoms with Crippen molar-refractivity contribution in [3.63, 3.8) is 0 Å². The lowest BCUT2D eigenvalue weighted by Gasteiger charge is -2.32. The SMILES string of the molecule is CC(C)CC(C(=O)O[C@H](Cc1ccccc1)C(=O)N(C)[C@@H](CC(C)C)C(=O)O)N1CC[C@@H](C)C1=O. The number of nitrogens with zero attached hydrogens (tertiary/aromatic N) is 2. The molecule has 1 unspecified atom stereocenters. The van der Waals surface area contributed by atoms with Crippen LogP contribution in [-0.2, 0) is 30.3 Å². The van der Waals surface area contributed by atoms with Gasteiger partial charge in [0.1, 0.15) is 12.1 Å². The molecule has 1 aromatic carbocycles. The molecule has 8 nitrogen and oxygen atoms in total. The van der Waals surface area contributed by atoms with E-state index in [2.05, 4.69) is 0 Å². The molecule has 0 spiro atoms. The normalized spacial score (nSPS) is 18.5. The van der Waals surface area contributed by atoms with Gasteiger partial charge in [0, 0.05) is 25.9 Å². The molecule has 1 fully saturated rings. The highest BCUT2D eigenvalue weighted by Crippen LogP contribution is 2.25. The fourth-order valence-corrected chi connectivity index (χ4v) is 4.43. The van der Waals surface area contributed by atoms with E-state index in [0.717, 1.165) is 5.56 Å². The highest BCUT2D eigenvalue weighted by molar-refractivity contribution is 5.90. The van der Waals surface area contributed by atoms with Crippen LogP contribution in [0.1, 0.15) is 59.4 Å². The van der Waals surface area contributed by atoms with Gasteiger partial charge in [0.25, 0.3) is 5.91 Å². The monoisotopic (exact) mass is 488 g/mol. The Morgan fingerprint density at radius 2 is 1.69 bits per heavy atom. The number of rotatable bonds is 12. The lowest BCUT2D eigenvalue weighted by Crippen LogP contribution is -2.51. The topological polar surface area (TPSA) is 104 Å². The smallest absolute Gasteiger partial charge is 0.329 e. The molecule has 0 aromatic heterocycles. The van der Waals surface area contributed by atoms with Crippen molar-refractivity contribution >= 4 is 23.8 Å². The number of amides is 2. The van der Waals surface area contributed by atoms with Crippen LogP contribution in [0, 0.1) is 17.8 Å². The van der Waals surface area contributed by atoms with E-state index < -0.39 is 36.0 Å². The van der Waals surface area contributed by atoms with Gasteiger partial charge in [-0.2, -0.15) is 0 Å². The molecule has 1 heterocycles. The van der Waals surface area contributed by atoms with Gasteiger partial charge in [-0.05, 0) is 36.7 Å². The predicted octanol–water partition coefficient (Wildman–Crippen LogP) is 3.38. The van der Waals surface area contributed by atoms with Gasteiger partial charge in [-0.15, -0.1) is 0 Å². The minimum Gasteiger partial charge on any atom is -0.480 e. The third kappa shape index (κ3) is 7.80. The molecule has 1 aliphatic rings. The lowest BCUT2D eigenvalue weighted by atomic mass is 10.0. The molecule has 1 N–H and O–H groups in total. The van der Waals surface area contributed by atoms with Gasteiger partial charge in [-0.3, -0.25) is 9.59 Å². The number of carbonyl (C=O) groups excluding carboxylic acids is 3. The van der Waals surface area contributed by atoms with Crippen LogP contribution in [-0.4, -0.2) is 70.4 Å². The van der Waals surface area contributed by atoms with Crippen LogP contribution in [0.25, 0.3) is 0 Å². The van der Waals surface area contributed by atoms with Crippen molar-refractivity contribution in [2.24, 2.45) is 17.8 Å². The minimum absolute atomic E-state index is 0.0556. The van der Waals surface area contributed by atoms with Gasteiger partial charge in [0.2, 0.25) is 5.91 Å². The number of benzene rings is 1. The zero-order valence-electron chi connectivity index (χ0n) is 21.8. The Balaban J connectivity index is 2.33. The third-order valence-corrected chi connectivity index (χ3v) is 6.44. The quantitative estimate of drug-likeness (QED) is 0.452. The van der Waals surface area contributed by atoms with Crippen molar-refractivity contribution in [1.82, 2.24) is 9.80 Å². The van der Waals surface area contributed by atoms with E-state index in [1.807, 2.05) is 65.0 Å². The number of carbonyl (C=O) groups is 4. The summed E-state index contributed by atoms with van der Waals surface area (Å²) in [5, 5.41) is 9.73. The van der Waals surface area contributed by atoms with E-state index in [1.54, 1.807) is 4.90 Å². The summed E-state index contributed by atoms with van der Waals surface area (Å²) < 4.78 is 5.81. The van der Waals surface area contributed by atoms with Crippen molar-refractivity contribution < 1.29 is 29.0 Å². The van der Waals surface area contributed by atoms with Gasteiger partial charge >= 0.3 is 11.9 Å². The zero-order valence-corrected chi connectivity index (χ0v) is 21.8. The summed E-state index contributed by atoms with van der Waals surface area (Å²) in [6.45, 7) is 10.0. The summed E-state index contributed by atoms with van der Waals surface area (Å²) in [5.41, 5.74) is 0.786. The Kier molecular flexibility index (Phi) is 10.3.